The molecule has 0 unspecified atom stereocenters. The average Bonchev–Trinajstić information content (AvgIpc) is 2.86. The Hall–Kier alpha value is -4.85. The zero-order valence-corrected chi connectivity index (χ0v) is 18.3. The van der Waals surface area contributed by atoms with Crippen molar-refractivity contribution >= 4 is 35.0 Å². The van der Waals surface area contributed by atoms with E-state index < -0.39 is 23.4 Å². The van der Waals surface area contributed by atoms with E-state index in [1.54, 1.807) is 30.3 Å². The van der Waals surface area contributed by atoms with Crippen LogP contribution in [0.2, 0.25) is 0 Å². The summed E-state index contributed by atoms with van der Waals surface area (Å²) >= 11 is 0. The van der Waals surface area contributed by atoms with Crippen molar-refractivity contribution in [3.63, 3.8) is 0 Å². The van der Waals surface area contributed by atoms with Crippen LogP contribution < -0.4 is 16.4 Å². The molecular formula is C27H20F2N4O2. The van der Waals surface area contributed by atoms with Crippen LogP contribution in [0, 0.1) is 11.6 Å². The predicted molar refractivity (Wildman–Crippen MR) is 133 cm³/mol. The number of carbonyl (C=O) groups excluding carboxylic acids is 2. The van der Waals surface area contributed by atoms with Crippen LogP contribution in [-0.2, 0) is 4.79 Å². The molecule has 0 spiro atoms. The number of pyridine rings is 1. The lowest BCUT2D eigenvalue weighted by Crippen LogP contribution is -2.12. The molecule has 0 radical (unpaired) electrons. The standard InChI is InChI=1S/C27H20F2N4O2/c28-21-8-5-18(15-20(21)7-10-26(34)32-25-4-2-1-3-23(25)30)19-6-9-24(22(29)16-19)33-27(35)17-11-13-31-14-12-17/h1-16H,30H2,(H,32,34)(H,33,35)/b10-7+. The SMILES string of the molecule is Nc1ccccc1NC(=O)/C=C/c1cc(-c2ccc(NC(=O)c3ccncc3)c(F)c2)ccc1F. The molecular weight excluding hydrogens is 450 g/mol. The normalized spacial score (nSPS) is 10.8. The summed E-state index contributed by atoms with van der Waals surface area (Å²) in [6, 6.07) is 18.3. The van der Waals surface area contributed by atoms with Crippen molar-refractivity contribution in [1.82, 2.24) is 4.98 Å². The number of benzene rings is 3. The lowest BCUT2D eigenvalue weighted by Gasteiger charge is -2.09. The van der Waals surface area contributed by atoms with E-state index in [0.717, 1.165) is 0 Å². The Labute approximate surface area is 200 Å². The van der Waals surface area contributed by atoms with Gasteiger partial charge in [-0.15, -0.1) is 0 Å². The van der Waals surface area contributed by atoms with Crippen LogP contribution in [-0.4, -0.2) is 16.8 Å². The molecule has 1 heterocycles. The molecule has 0 saturated heterocycles. The topological polar surface area (TPSA) is 97.1 Å². The van der Waals surface area contributed by atoms with Crippen molar-refractivity contribution < 1.29 is 18.4 Å². The molecule has 0 bridgehead atoms. The average molecular weight is 470 g/mol. The second-order valence-corrected chi connectivity index (χ2v) is 7.53. The molecule has 0 aliphatic carbocycles. The largest absolute Gasteiger partial charge is 0.397 e. The number of aromatic nitrogens is 1. The number of nitrogens with zero attached hydrogens (tertiary/aromatic N) is 1. The van der Waals surface area contributed by atoms with Gasteiger partial charge in [0.25, 0.3) is 5.91 Å². The summed E-state index contributed by atoms with van der Waals surface area (Å²) in [5, 5.41) is 5.14. The van der Waals surface area contributed by atoms with E-state index in [1.807, 2.05) is 0 Å². The number of hydrogen-bond acceptors (Lipinski definition) is 4. The number of carbonyl (C=O) groups is 2. The molecule has 174 valence electrons. The van der Waals surface area contributed by atoms with Crippen molar-refractivity contribution in [3.8, 4) is 11.1 Å². The molecule has 0 aliphatic rings. The van der Waals surface area contributed by atoms with Gasteiger partial charge in [-0.1, -0.05) is 24.3 Å². The molecule has 0 atom stereocenters. The van der Waals surface area contributed by atoms with Crippen molar-refractivity contribution in [3.05, 3.63) is 114 Å². The van der Waals surface area contributed by atoms with E-state index in [2.05, 4.69) is 15.6 Å². The molecule has 0 saturated carbocycles. The highest BCUT2D eigenvalue weighted by Gasteiger charge is 2.11. The Morgan fingerprint density at radius 3 is 2.26 bits per heavy atom. The Balaban J connectivity index is 1.50. The Bertz CT molecular complexity index is 1420. The van der Waals surface area contributed by atoms with Crippen LogP contribution in [0.15, 0.2) is 91.3 Å². The van der Waals surface area contributed by atoms with Gasteiger partial charge < -0.3 is 16.4 Å². The van der Waals surface area contributed by atoms with Crippen molar-refractivity contribution in [2.24, 2.45) is 0 Å². The third-order valence-electron chi connectivity index (χ3n) is 5.12. The molecule has 8 heteroatoms. The first-order chi connectivity index (χ1) is 16.9. The number of nitrogen functional groups attached to an aromatic ring is 1. The van der Waals surface area contributed by atoms with Gasteiger partial charge in [-0.2, -0.15) is 0 Å². The van der Waals surface area contributed by atoms with Crippen LogP contribution in [0.3, 0.4) is 0 Å². The molecule has 35 heavy (non-hydrogen) atoms. The van der Waals surface area contributed by atoms with E-state index in [1.165, 1.54) is 67.0 Å². The number of hydrogen-bond donors (Lipinski definition) is 3. The van der Waals surface area contributed by atoms with Gasteiger partial charge in [-0.05, 0) is 65.7 Å². The van der Waals surface area contributed by atoms with Gasteiger partial charge in [-0.25, -0.2) is 8.78 Å². The zero-order chi connectivity index (χ0) is 24.8. The molecule has 4 N–H and O–H groups in total. The van der Waals surface area contributed by atoms with Crippen LogP contribution >= 0.6 is 0 Å². The lowest BCUT2D eigenvalue weighted by atomic mass is 10.0. The van der Waals surface area contributed by atoms with Crippen LogP contribution in [0.4, 0.5) is 25.8 Å². The van der Waals surface area contributed by atoms with E-state index in [0.29, 0.717) is 28.1 Å². The van der Waals surface area contributed by atoms with Gasteiger partial charge >= 0.3 is 0 Å². The molecule has 3 aromatic carbocycles. The van der Waals surface area contributed by atoms with E-state index in [-0.39, 0.29) is 11.3 Å². The Morgan fingerprint density at radius 1 is 0.800 bits per heavy atom. The molecule has 1 aromatic heterocycles. The minimum atomic E-state index is -0.647. The minimum absolute atomic E-state index is 0.00893. The monoisotopic (exact) mass is 470 g/mol. The number of anilines is 3. The third-order valence-corrected chi connectivity index (χ3v) is 5.12. The molecule has 4 aromatic rings. The summed E-state index contributed by atoms with van der Waals surface area (Å²) in [5.74, 6) is -2.14. The highest BCUT2D eigenvalue weighted by molar-refractivity contribution is 6.04. The highest BCUT2D eigenvalue weighted by atomic mass is 19.1. The number of halogens is 2. The number of nitrogens with one attached hydrogen (secondary N) is 2. The predicted octanol–water partition coefficient (Wildman–Crippen LogP) is 5.51. The molecule has 0 fully saturated rings. The van der Waals surface area contributed by atoms with Gasteiger partial charge in [0.15, 0.2) is 0 Å². The fourth-order valence-electron chi connectivity index (χ4n) is 3.30. The molecule has 6 nitrogen and oxygen atoms in total. The fourth-order valence-corrected chi connectivity index (χ4v) is 3.30. The van der Waals surface area contributed by atoms with Crippen LogP contribution in [0.5, 0.6) is 0 Å². The van der Waals surface area contributed by atoms with E-state index in [9.17, 15) is 18.4 Å². The smallest absolute Gasteiger partial charge is 0.255 e. The van der Waals surface area contributed by atoms with Crippen molar-refractivity contribution in [1.29, 1.82) is 0 Å². The second kappa shape index (κ2) is 10.4. The maximum atomic E-state index is 14.7. The fraction of sp³-hybridized carbons (Fsp3) is 0. The number of amides is 2. The lowest BCUT2D eigenvalue weighted by molar-refractivity contribution is -0.111. The number of nitrogens with two attached hydrogens (primary N) is 1. The second-order valence-electron chi connectivity index (χ2n) is 7.53. The quantitative estimate of drug-likeness (QED) is 0.256. The molecule has 4 rings (SSSR count). The summed E-state index contributed by atoms with van der Waals surface area (Å²) in [4.78, 5) is 28.3. The van der Waals surface area contributed by atoms with Crippen molar-refractivity contribution in [2.75, 3.05) is 16.4 Å². The summed E-state index contributed by atoms with van der Waals surface area (Å²) in [7, 11) is 0. The third kappa shape index (κ3) is 5.75. The Morgan fingerprint density at radius 2 is 1.51 bits per heavy atom. The molecule has 0 aliphatic heterocycles. The first-order valence-electron chi connectivity index (χ1n) is 10.5. The van der Waals surface area contributed by atoms with E-state index in [4.69, 9.17) is 5.73 Å². The molecule has 2 amide bonds. The van der Waals surface area contributed by atoms with Crippen LogP contribution in [0.25, 0.3) is 17.2 Å². The zero-order valence-electron chi connectivity index (χ0n) is 18.3. The summed E-state index contributed by atoms with van der Waals surface area (Å²) in [6.45, 7) is 0. The van der Waals surface area contributed by atoms with Gasteiger partial charge in [0, 0.05) is 29.6 Å². The highest BCUT2D eigenvalue weighted by Crippen LogP contribution is 2.27. The maximum Gasteiger partial charge on any atom is 0.255 e. The van der Waals surface area contributed by atoms with Crippen molar-refractivity contribution in [2.45, 2.75) is 0 Å². The van der Waals surface area contributed by atoms with Gasteiger partial charge in [0.1, 0.15) is 11.6 Å². The van der Waals surface area contributed by atoms with Gasteiger partial charge in [0.2, 0.25) is 5.91 Å². The van der Waals surface area contributed by atoms with Crippen LogP contribution in [0.1, 0.15) is 15.9 Å². The summed E-state index contributed by atoms with van der Waals surface area (Å²) in [6.07, 6.45) is 5.45. The first kappa shape index (κ1) is 23.3. The van der Waals surface area contributed by atoms with E-state index >= 15 is 0 Å². The van der Waals surface area contributed by atoms with Gasteiger partial charge in [-0.3, -0.25) is 14.6 Å². The Kier molecular flexibility index (Phi) is 6.92. The summed E-state index contributed by atoms with van der Waals surface area (Å²) < 4.78 is 29.1. The first-order valence-corrected chi connectivity index (χ1v) is 10.5. The van der Waals surface area contributed by atoms with Gasteiger partial charge in [0.05, 0.1) is 17.1 Å². The number of para-hydroxylation sites is 2. The number of rotatable bonds is 6. The minimum Gasteiger partial charge on any atom is -0.397 e. The summed E-state index contributed by atoms with van der Waals surface area (Å²) in [5.41, 5.74) is 8.17. The maximum absolute atomic E-state index is 14.7.